The van der Waals surface area contributed by atoms with Crippen LogP contribution in [0, 0.1) is 0 Å². The van der Waals surface area contributed by atoms with Gasteiger partial charge in [-0.2, -0.15) is 0 Å². The number of rotatable bonds is 6. The second-order valence-corrected chi connectivity index (χ2v) is 7.43. The van der Waals surface area contributed by atoms with Gasteiger partial charge in [0.15, 0.2) is 0 Å². The van der Waals surface area contributed by atoms with Crippen molar-refractivity contribution in [3.63, 3.8) is 0 Å². The van der Waals surface area contributed by atoms with Crippen LogP contribution in [0.5, 0.6) is 0 Å². The zero-order valence-corrected chi connectivity index (χ0v) is 17.9. The van der Waals surface area contributed by atoms with E-state index in [9.17, 15) is 14.4 Å². The Kier molecular flexibility index (Phi) is 6.50. The van der Waals surface area contributed by atoms with Crippen LogP contribution in [0.15, 0.2) is 94.1 Å². The molecule has 0 aliphatic heterocycles. The predicted octanol–water partition coefficient (Wildman–Crippen LogP) is 4.37. The topological polar surface area (TPSA) is 97.6 Å². The second kappa shape index (κ2) is 9.82. The molecule has 7 heteroatoms. The molecule has 2 N–H and O–H groups in total. The quantitative estimate of drug-likeness (QED) is 0.341. The lowest BCUT2D eigenvalue weighted by Gasteiger charge is -2.17. The smallest absolute Gasteiger partial charge is 0.344 e. The lowest BCUT2D eigenvalue weighted by Crippen LogP contribution is -2.45. The van der Waals surface area contributed by atoms with Crippen LogP contribution in [-0.2, 0) is 16.0 Å². The van der Waals surface area contributed by atoms with Crippen molar-refractivity contribution in [2.24, 2.45) is 0 Å². The highest BCUT2D eigenvalue weighted by molar-refractivity contribution is 5.93. The fourth-order valence-corrected chi connectivity index (χ4v) is 3.54. The molecule has 33 heavy (non-hydrogen) atoms. The number of methoxy groups -OCH3 is 1. The highest BCUT2D eigenvalue weighted by Crippen LogP contribution is 2.23. The summed E-state index contributed by atoms with van der Waals surface area (Å²) in [6.07, 6.45) is 0.291. The van der Waals surface area contributed by atoms with E-state index < -0.39 is 23.7 Å². The largest absolute Gasteiger partial charge is 0.467 e. The molecule has 7 nitrogen and oxygen atoms in total. The van der Waals surface area contributed by atoms with Crippen LogP contribution >= 0.6 is 0 Å². The third-order valence-electron chi connectivity index (χ3n) is 5.15. The van der Waals surface area contributed by atoms with Crippen molar-refractivity contribution in [1.29, 1.82) is 0 Å². The zero-order chi connectivity index (χ0) is 23.2. The first-order chi connectivity index (χ1) is 16.0. The number of benzene rings is 3. The summed E-state index contributed by atoms with van der Waals surface area (Å²) in [5.41, 5.74) is 2.37. The first kappa shape index (κ1) is 21.8. The van der Waals surface area contributed by atoms with E-state index in [1.165, 1.54) is 7.11 Å². The molecule has 1 atom stereocenters. The van der Waals surface area contributed by atoms with Crippen molar-refractivity contribution in [1.82, 2.24) is 5.32 Å². The van der Waals surface area contributed by atoms with Crippen LogP contribution in [0.2, 0.25) is 0 Å². The number of hydrogen-bond donors (Lipinski definition) is 2. The van der Waals surface area contributed by atoms with Gasteiger partial charge in [0.05, 0.1) is 12.7 Å². The van der Waals surface area contributed by atoms with Crippen molar-refractivity contribution in [3.8, 4) is 11.1 Å². The van der Waals surface area contributed by atoms with Gasteiger partial charge in [0.1, 0.15) is 11.6 Å². The molecule has 0 bridgehead atoms. The summed E-state index contributed by atoms with van der Waals surface area (Å²) in [5.74, 6) is -0.545. The van der Waals surface area contributed by atoms with Crippen LogP contribution in [0.1, 0.15) is 5.56 Å². The number of fused-ring (bicyclic) bond motifs is 1. The van der Waals surface area contributed by atoms with E-state index >= 15 is 0 Å². The van der Waals surface area contributed by atoms with Gasteiger partial charge in [-0.25, -0.2) is 14.4 Å². The van der Waals surface area contributed by atoms with Crippen LogP contribution in [0.3, 0.4) is 0 Å². The zero-order valence-electron chi connectivity index (χ0n) is 17.9. The second-order valence-electron chi connectivity index (χ2n) is 7.43. The standard InChI is InChI=1S/C26H22N2O5/c1-32-25(30)22(14-17-8-3-2-4-9-17)28-26(31)27-20-12-7-11-18(15-20)21-16-19-10-5-6-13-23(19)33-24(21)29/h2-13,15-16,22H,14H2,1H3,(H2,27,28,31). The summed E-state index contributed by atoms with van der Waals surface area (Å²) in [6.45, 7) is 0. The highest BCUT2D eigenvalue weighted by atomic mass is 16.5. The lowest BCUT2D eigenvalue weighted by molar-refractivity contribution is -0.142. The number of para-hydroxylation sites is 1. The number of carbonyl (C=O) groups excluding carboxylic acids is 2. The van der Waals surface area contributed by atoms with Gasteiger partial charge >= 0.3 is 17.6 Å². The monoisotopic (exact) mass is 442 g/mol. The maximum Gasteiger partial charge on any atom is 0.344 e. The number of carbonyl (C=O) groups is 2. The summed E-state index contributed by atoms with van der Waals surface area (Å²) >= 11 is 0. The highest BCUT2D eigenvalue weighted by Gasteiger charge is 2.22. The number of amides is 2. The van der Waals surface area contributed by atoms with Crippen molar-refractivity contribution in [3.05, 3.63) is 101 Å². The van der Waals surface area contributed by atoms with Crippen molar-refractivity contribution in [2.45, 2.75) is 12.5 Å². The Hall–Kier alpha value is -4.39. The molecule has 1 aromatic heterocycles. The van der Waals surface area contributed by atoms with Crippen molar-refractivity contribution < 1.29 is 18.7 Å². The van der Waals surface area contributed by atoms with Crippen LogP contribution in [-0.4, -0.2) is 25.2 Å². The molecule has 0 aliphatic carbocycles. The minimum Gasteiger partial charge on any atom is -0.467 e. The Morgan fingerprint density at radius 1 is 0.939 bits per heavy atom. The molecular weight excluding hydrogens is 420 g/mol. The molecule has 0 radical (unpaired) electrons. The Morgan fingerprint density at radius 3 is 2.48 bits per heavy atom. The Bertz CT molecular complexity index is 1350. The number of anilines is 1. The number of esters is 1. The summed E-state index contributed by atoms with van der Waals surface area (Å²) in [7, 11) is 1.28. The Morgan fingerprint density at radius 2 is 1.70 bits per heavy atom. The average molecular weight is 442 g/mol. The first-order valence-electron chi connectivity index (χ1n) is 10.4. The summed E-state index contributed by atoms with van der Waals surface area (Å²) in [6, 6.07) is 23.8. The number of ether oxygens (including phenoxy) is 1. The molecule has 0 saturated heterocycles. The number of hydrogen-bond acceptors (Lipinski definition) is 5. The minimum absolute atomic E-state index is 0.291. The fourth-order valence-electron chi connectivity index (χ4n) is 3.54. The van der Waals surface area contributed by atoms with E-state index in [4.69, 9.17) is 9.15 Å². The van der Waals surface area contributed by atoms with Gasteiger partial charge in [-0.1, -0.05) is 60.7 Å². The molecule has 2 amide bonds. The van der Waals surface area contributed by atoms with Crippen molar-refractivity contribution in [2.75, 3.05) is 12.4 Å². The molecule has 0 saturated carbocycles. The Labute approximate surface area is 190 Å². The van der Waals surface area contributed by atoms with Gasteiger partial charge in [-0.05, 0) is 35.4 Å². The molecule has 0 fully saturated rings. The maximum atomic E-state index is 12.6. The molecule has 3 aromatic carbocycles. The van der Waals surface area contributed by atoms with Gasteiger partial charge in [-0.3, -0.25) is 0 Å². The molecule has 1 unspecified atom stereocenters. The minimum atomic E-state index is -0.854. The van der Waals surface area contributed by atoms with Gasteiger partial charge in [0, 0.05) is 17.5 Å². The van der Waals surface area contributed by atoms with E-state index in [-0.39, 0.29) is 0 Å². The SMILES string of the molecule is COC(=O)C(Cc1ccccc1)NC(=O)Nc1cccc(-c2cc3ccccc3oc2=O)c1. The lowest BCUT2D eigenvalue weighted by atomic mass is 10.1. The van der Waals surface area contributed by atoms with Gasteiger partial charge in [-0.15, -0.1) is 0 Å². The molecule has 4 rings (SSSR count). The van der Waals surface area contributed by atoms with Crippen molar-refractivity contribution >= 4 is 28.7 Å². The third-order valence-corrected chi connectivity index (χ3v) is 5.15. The molecule has 0 aliphatic rings. The predicted molar refractivity (Wildman–Crippen MR) is 126 cm³/mol. The molecule has 166 valence electrons. The maximum absolute atomic E-state index is 12.6. The molecule has 4 aromatic rings. The molecule has 0 spiro atoms. The summed E-state index contributed by atoms with van der Waals surface area (Å²) in [4.78, 5) is 37.3. The number of nitrogens with one attached hydrogen (secondary N) is 2. The normalized spacial score (nSPS) is 11.5. The number of urea groups is 1. The van der Waals surface area contributed by atoms with E-state index in [0.29, 0.717) is 28.8 Å². The average Bonchev–Trinajstić information content (AvgIpc) is 2.83. The van der Waals surface area contributed by atoms with Gasteiger partial charge in [0.25, 0.3) is 0 Å². The van der Waals surface area contributed by atoms with E-state index in [0.717, 1.165) is 10.9 Å². The van der Waals surface area contributed by atoms with E-state index in [2.05, 4.69) is 10.6 Å². The van der Waals surface area contributed by atoms with Crippen LogP contribution in [0.25, 0.3) is 22.1 Å². The van der Waals surface area contributed by atoms with E-state index in [1.807, 2.05) is 42.5 Å². The van der Waals surface area contributed by atoms with E-state index in [1.54, 1.807) is 42.5 Å². The molecular formula is C26H22N2O5. The van der Waals surface area contributed by atoms with Crippen LogP contribution in [0.4, 0.5) is 10.5 Å². The third kappa shape index (κ3) is 5.27. The van der Waals surface area contributed by atoms with Gasteiger partial charge < -0.3 is 19.8 Å². The first-order valence-corrected chi connectivity index (χ1v) is 10.4. The fraction of sp³-hybridized carbons (Fsp3) is 0.115. The molecule has 1 heterocycles. The Balaban J connectivity index is 1.52. The summed E-state index contributed by atoms with van der Waals surface area (Å²) in [5, 5.41) is 6.16. The van der Waals surface area contributed by atoms with Crippen LogP contribution < -0.4 is 16.3 Å². The van der Waals surface area contributed by atoms with Gasteiger partial charge in [0.2, 0.25) is 0 Å². The summed E-state index contributed by atoms with van der Waals surface area (Å²) < 4.78 is 10.2.